The minimum atomic E-state index is -0.0652. The first kappa shape index (κ1) is 11.0. The number of rotatable bonds is 4. The van der Waals surface area contributed by atoms with E-state index in [1.54, 1.807) is 11.3 Å². The van der Waals surface area contributed by atoms with Gasteiger partial charge in [0.25, 0.3) is 0 Å². The molecule has 2 rings (SSSR count). The zero-order valence-electron chi connectivity index (χ0n) is 9.03. The van der Waals surface area contributed by atoms with E-state index >= 15 is 0 Å². The van der Waals surface area contributed by atoms with Gasteiger partial charge in [-0.2, -0.15) is 0 Å². The fourth-order valence-corrected chi connectivity index (χ4v) is 2.69. The van der Waals surface area contributed by atoms with E-state index in [1.165, 1.54) is 11.6 Å². The van der Waals surface area contributed by atoms with Crippen molar-refractivity contribution in [2.75, 3.05) is 0 Å². The van der Waals surface area contributed by atoms with Gasteiger partial charge in [-0.05, 0) is 29.3 Å². The van der Waals surface area contributed by atoms with Crippen molar-refractivity contribution < 1.29 is 9.59 Å². The molecular weight excluding hydrogens is 220 g/mol. The van der Waals surface area contributed by atoms with Crippen molar-refractivity contribution in [2.24, 2.45) is 0 Å². The third-order valence-electron chi connectivity index (χ3n) is 2.39. The summed E-state index contributed by atoms with van der Waals surface area (Å²) in [4.78, 5) is 22.4. The predicted octanol–water partition coefficient (Wildman–Crippen LogP) is 2.99. The van der Waals surface area contributed by atoms with Crippen molar-refractivity contribution in [2.45, 2.75) is 19.8 Å². The first-order chi connectivity index (χ1) is 7.66. The van der Waals surface area contributed by atoms with Gasteiger partial charge < -0.3 is 0 Å². The van der Waals surface area contributed by atoms with Gasteiger partial charge in [0.2, 0.25) is 0 Å². The molecule has 0 fully saturated rings. The molecule has 0 saturated carbocycles. The lowest BCUT2D eigenvalue weighted by molar-refractivity contribution is -0.125. The van der Waals surface area contributed by atoms with Crippen molar-refractivity contribution in [3.63, 3.8) is 0 Å². The molecular formula is C13H12O2S. The molecule has 0 aliphatic carbocycles. The van der Waals surface area contributed by atoms with Crippen LogP contribution in [0.5, 0.6) is 0 Å². The summed E-state index contributed by atoms with van der Waals surface area (Å²) in [5.74, 6) is -0.0689. The average molecular weight is 232 g/mol. The van der Waals surface area contributed by atoms with Gasteiger partial charge in [-0.25, -0.2) is 0 Å². The fraction of sp³-hybridized carbons (Fsp3) is 0.231. The molecule has 1 aromatic carbocycles. The first-order valence-electron chi connectivity index (χ1n) is 5.13. The molecule has 0 amide bonds. The average Bonchev–Trinajstić information content (AvgIpc) is 2.61. The maximum atomic E-state index is 11.5. The molecule has 0 spiro atoms. The van der Waals surface area contributed by atoms with Crippen LogP contribution in [0.15, 0.2) is 29.6 Å². The number of hydrogen-bond donors (Lipinski definition) is 0. The number of carbonyl (C=O) groups is 2. The van der Waals surface area contributed by atoms with Gasteiger partial charge in [-0.3, -0.25) is 9.59 Å². The molecule has 3 heteroatoms. The molecule has 0 N–H and O–H groups in total. The van der Waals surface area contributed by atoms with Crippen LogP contribution >= 0.6 is 11.3 Å². The molecule has 1 aromatic heterocycles. The molecule has 1 heterocycles. The number of ketones is 2. The van der Waals surface area contributed by atoms with E-state index < -0.39 is 0 Å². The Balaban J connectivity index is 2.21. The smallest absolute Gasteiger partial charge is 0.144 e. The van der Waals surface area contributed by atoms with Gasteiger partial charge in [-0.15, -0.1) is 11.3 Å². The van der Waals surface area contributed by atoms with Crippen LogP contribution in [0.25, 0.3) is 10.1 Å². The van der Waals surface area contributed by atoms with Gasteiger partial charge in [0.1, 0.15) is 11.6 Å². The second-order valence-electron chi connectivity index (χ2n) is 3.85. The predicted molar refractivity (Wildman–Crippen MR) is 65.8 cm³/mol. The molecule has 0 aliphatic rings. The van der Waals surface area contributed by atoms with Crippen molar-refractivity contribution in [1.82, 2.24) is 0 Å². The molecule has 16 heavy (non-hydrogen) atoms. The van der Waals surface area contributed by atoms with Crippen molar-refractivity contribution in [3.05, 3.63) is 35.2 Å². The van der Waals surface area contributed by atoms with Crippen LogP contribution in [0.3, 0.4) is 0 Å². The highest BCUT2D eigenvalue weighted by Crippen LogP contribution is 2.26. The quantitative estimate of drug-likeness (QED) is 0.759. The van der Waals surface area contributed by atoms with E-state index in [4.69, 9.17) is 0 Å². The Labute approximate surface area is 97.9 Å². The molecule has 0 bridgehead atoms. The van der Waals surface area contributed by atoms with E-state index in [2.05, 4.69) is 0 Å². The molecule has 0 aliphatic heterocycles. The number of thiophene rings is 1. The zero-order chi connectivity index (χ0) is 11.5. The summed E-state index contributed by atoms with van der Waals surface area (Å²) < 4.78 is 1.19. The van der Waals surface area contributed by atoms with Gasteiger partial charge in [-0.1, -0.05) is 18.2 Å². The van der Waals surface area contributed by atoms with E-state index in [1.807, 2.05) is 29.6 Å². The van der Waals surface area contributed by atoms with Gasteiger partial charge in [0.05, 0.1) is 6.42 Å². The normalized spacial score (nSPS) is 10.6. The lowest BCUT2D eigenvalue weighted by atomic mass is 10.1. The monoisotopic (exact) mass is 232 g/mol. The minimum Gasteiger partial charge on any atom is -0.300 e. The maximum Gasteiger partial charge on any atom is 0.144 e. The summed E-state index contributed by atoms with van der Waals surface area (Å²) in [6, 6.07) is 8.01. The molecule has 0 atom stereocenters. The highest BCUT2D eigenvalue weighted by atomic mass is 32.1. The van der Waals surface area contributed by atoms with Gasteiger partial charge in [0, 0.05) is 11.1 Å². The Kier molecular flexibility index (Phi) is 3.15. The largest absolute Gasteiger partial charge is 0.300 e. The van der Waals surface area contributed by atoms with Gasteiger partial charge >= 0.3 is 0 Å². The fourth-order valence-electron chi connectivity index (χ4n) is 1.72. The Morgan fingerprint density at radius 2 is 2.00 bits per heavy atom. The number of carbonyl (C=O) groups excluding carboxylic acids is 2. The van der Waals surface area contributed by atoms with Gasteiger partial charge in [0.15, 0.2) is 0 Å². The maximum absolute atomic E-state index is 11.5. The van der Waals surface area contributed by atoms with Crippen LogP contribution in [0.1, 0.15) is 18.9 Å². The van der Waals surface area contributed by atoms with E-state index in [-0.39, 0.29) is 18.0 Å². The summed E-state index contributed by atoms with van der Waals surface area (Å²) >= 11 is 1.64. The zero-order valence-corrected chi connectivity index (χ0v) is 9.84. The summed E-state index contributed by atoms with van der Waals surface area (Å²) in [6.45, 7) is 1.45. The van der Waals surface area contributed by atoms with Crippen molar-refractivity contribution in [3.8, 4) is 0 Å². The Morgan fingerprint density at radius 1 is 1.25 bits per heavy atom. The molecule has 0 saturated heterocycles. The summed E-state index contributed by atoms with van der Waals surface area (Å²) in [5.41, 5.74) is 1.03. The highest BCUT2D eigenvalue weighted by molar-refractivity contribution is 7.17. The number of benzene rings is 1. The van der Waals surface area contributed by atoms with Crippen LogP contribution < -0.4 is 0 Å². The molecule has 2 aromatic rings. The first-order valence-corrected chi connectivity index (χ1v) is 6.01. The minimum absolute atomic E-state index is 0.00365. The Morgan fingerprint density at radius 3 is 2.75 bits per heavy atom. The van der Waals surface area contributed by atoms with Crippen LogP contribution in [-0.4, -0.2) is 11.6 Å². The third kappa shape index (κ3) is 2.36. The summed E-state index contributed by atoms with van der Waals surface area (Å²) in [6.07, 6.45) is 0.410. The lowest BCUT2D eigenvalue weighted by Gasteiger charge is -1.97. The second-order valence-corrected chi connectivity index (χ2v) is 4.76. The molecule has 0 radical (unpaired) electrons. The number of Topliss-reactive ketones (excluding diaryl/α,β-unsaturated/α-hetero) is 2. The summed E-state index contributed by atoms with van der Waals surface area (Å²) in [7, 11) is 0. The van der Waals surface area contributed by atoms with E-state index in [0.29, 0.717) is 6.42 Å². The standard InChI is InChI=1S/C13H12O2S/c1-9(14)6-11(15)7-10-8-16-13-5-3-2-4-12(10)13/h2-5,8H,6-7H2,1H3. The molecule has 82 valence electrons. The third-order valence-corrected chi connectivity index (χ3v) is 3.41. The number of fused-ring (bicyclic) bond motifs is 1. The SMILES string of the molecule is CC(=O)CC(=O)Cc1csc2ccccc12. The Bertz CT molecular complexity index is 540. The summed E-state index contributed by atoms with van der Waals surface area (Å²) in [5, 5.41) is 3.13. The van der Waals surface area contributed by atoms with Crippen molar-refractivity contribution in [1.29, 1.82) is 0 Å². The molecule has 0 unspecified atom stereocenters. The van der Waals surface area contributed by atoms with E-state index in [9.17, 15) is 9.59 Å². The van der Waals surface area contributed by atoms with E-state index in [0.717, 1.165) is 10.9 Å². The molecule has 2 nitrogen and oxygen atoms in total. The second kappa shape index (κ2) is 4.58. The lowest BCUT2D eigenvalue weighted by Crippen LogP contribution is -2.06. The van der Waals surface area contributed by atoms with Crippen LogP contribution in [-0.2, 0) is 16.0 Å². The van der Waals surface area contributed by atoms with Crippen LogP contribution in [0, 0.1) is 0 Å². The topological polar surface area (TPSA) is 34.1 Å². The highest BCUT2D eigenvalue weighted by Gasteiger charge is 2.10. The van der Waals surface area contributed by atoms with Crippen molar-refractivity contribution >= 4 is 33.0 Å². The van der Waals surface area contributed by atoms with Crippen LogP contribution in [0.4, 0.5) is 0 Å². The number of hydrogen-bond acceptors (Lipinski definition) is 3. The van der Waals surface area contributed by atoms with Crippen LogP contribution in [0.2, 0.25) is 0 Å². The Hall–Kier alpha value is -1.48.